The van der Waals surface area contributed by atoms with Crippen LogP contribution in [-0.4, -0.2) is 20.9 Å². The van der Waals surface area contributed by atoms with Crippen molar-refractivity contribution in [1.82, 2.24) is 9.55 Å². The molecule has 3 heterocycles. The Hall–Kier alpha value is -2.79. The van der Waals surface area contributed by atoms with Crippen LogP contribution >= 0.6 is 0 Å². The molecular weight excluding hydrogens is 412 g/mol. The molecule has 1 aliphatic rings. The summed E-state index contributed by atoms with van der Waals surface area (Å²) in [7, 11) is 0. The first-order valence-electron chi connectivity index (χ1n) is 12.2. The molecule has 1 unspecified atom stereocenters. The lowest BCUT2D eigenvalue weighted by Gasteiger charge is -2.14. The van der Waals surface area contributed by atoms with Crippen LogP contribution in [0, 0.1) is 13.8 Å². The Kier molecular flexibility index (Phi) is 9.12. The molecule has 0 radical (unpaired) electrons. The average Bonchev–Trinajstić information content (AvgIpc) is 3.20. The van der Waals surface area contributed by atoms with Crippen LogP contribution in [-0.2, 0) is 24.2 Å². The van der Waals surface area contributed by atoms with Crippen molar-refractivity contribution in [1.29, 1.82) is 0 Å². The van der Waals surface area contributed by atoms with Gasteiger partial charge in [-0.15, -0.1) is 0 Å². The first-order valence-corrected chi connectivity index (χ1v) is 12.2. The number of fused-ring (bicyclic) bond motifs is 4. The Morgan fingerprint density at radius 1 is 1.06 bits per heavy atom. The Balaban J connectivity index is 0.000000914. The van der Waals surface area contributed by atoms with E-state index in [0.717, 1.165) is 35.0 Å². The van der Waals surface area contributed by atoms with Gasteiger partial charge in [-0.1, -0.05) is 48.0 Å². The van der Waals surface area contributed by atoms with Crippen LogP contribution < -0.4 is 5.56 Å². The van der Waals surface area contributed by atoms with Crippen molar-refractivity contribution in [3.05, 3.63) is 61.9 Å². The molecule has 4 rings (SSSR count). The van der Waals surface area contributed by atoms with Crippen molar-refractivity contribution in [2.75, 3.05) is 0 Å². The summed E-state index contributed by atoms with van der Waals surface area (Å²) < 4.78 is 1.75. The van der Waals surface area contributed by atoms with E-state index in [2.05, 4.69) is 32.9 Å². The average molecular weight is 451 g/mol. The summed E-state index contributed by atoms with van der Waals surface area (Å²) >= 11 is 0. The highest BCUT2D eigenvalue weighted by atomic mass is 16.3. The quantitative estimate of drug-likeness (QED) is 0.388. The van der Waals surface area contributed by atoms with Gasteiger partial charge in [0.15, 0.2) is 6.29 Å². The van der Waals surface area contributed by atoms with E-state index >= 15 is 0 Å². The predicted octanol–water partition coefficient (Wildman–Crippen LogP) is 5.84. The van der Waals surface area contributed by atoms with E-state index in [0.29, 0.717) is 36.1 Å². The monoisotopic (exact) mass is 450 g/mol. The van der Waals surface area contributed by atoms with Gasteiger partial charge < -0.3 is 14.5 Å². The van der Waals surface area contributed by atoms with Crippen molar-refractivity contribution in [3.8, 4) is 11.4 Å². The first-order chi connectivity index (χ1) is 15.9. The zero-order valence-electron chi connectivity index (χ0n) is 21.4. The minimum absolute atomic E-state index is 0.128. The van der Waals surface area contributed by atoms with E-state index in [4.69, 9.17) is 4.98 Å². The number of rotatable bonds is 5. The normalized spacial score (nSPS) is 12.2. The maximum atomic E-state index is 13.3. The van der Waals surface area contributed by atoms with Crippen molar-refractivity contribution < 1.29 is 9.90 Å². The third-order valence-corrected chi connectivity index (χ3v) is 6.11. The maximum Gasteiger partial charge on any atom is 0.254 e. The molecule has 178 valence electrons. The standard InChI is InChI=1S/C24H26N2O3.2C2H6/c1-5-7-16-18(22(28)12-27)10-21-23-19(11-26(21)24(16)29)15(6-2)17-8-13(3)14(4)9-20(17)25-23;2*1-2/h8-10,12,22,28H,5-7,11H2,1-4H3;2*1-2H3. The minimum Gasteiger partial charge on any atom is -0.381 e. The maximum absolute atomic E-state index is 13.3. The lowest BCUT2D eigenvalue weighted by atomic mass is 9.95. The van der Waals surface area contributed by atoms with Crippen molar-refractivity contribution in [2.45, 2.75) is 87.3 Å². The number of nitrogens with zero attached hydrogens (tertiary/aromatic N) is 2. The molecule has 0 amide bonds. The number of hydrogen-bond acceptors (Lipinski definition) is 4. The van der Waals surface area contributed by atoms with Crippen molar-refractivity contribution >= 4 is 17.2 Å². The number of benzene rings is 1. The first kappa shape index (κ1) is 26.5. The second kappa shape index (κ2) is 11.4. The molecular formula is C28H38N2O3. The van der Waals surface area contributed by atoms with Crippen LogP contribution in [0.3, 0.4) is 0 Å². The molecule has 0 spiro atoms. The van der Waals surface area contributed by atoms with E-state index in [1.54, 1.807) is 10.6 Å². The van der Waals surface area contributed by atoms with Crippen LogP contribution in [0.1, 0.15) is 87.4 Å². The van der Waals surface area contributed by atoms with Crippen LogP contribution in [0.25, 0.3) is 22.3 Å². The lowest BCUT2D eigenvalue weighted by Crippen LogP contribution is -2.26. The molecule has 1 aromatic carbocycles. The number of hydrogen-bond donors (Lipinski definition) is 1. The minimum atomic E-state index is -1.30. The largest absolute Gasteiger partial charge is 0.381 e. The highest BCUT2D eigenvalue weighted by Gasteiger charge is 2.29. The van der Waals surface area contributed by atoms with Crippen LogP contribution in [0.15, 0.2) is 23.0 Å². The van der Waals surface area contributed by atoms with Gasteiger partial charge in [0.1, 0.15) is 6.10 Å². The summed E-state index contributed by atoms with van der Waals surface area (Å²) in [6.07, 6.45) is 1.33. The molecule has 0 aliphatic carbocycles. The van der Waals surface area contributed by atoms with Crippen LogP contribution in [0.4, 0.5) is 0 Å². The predicted molar refractivity (Wildman–Crippen MR) is 137 cm³/mol. The molecule has 0 saturated heterocycles. The van der Waals surface area contributed by atoms with Gasteiger partial charge in [0.2, 0.25) is 0 Å². The Morgan fingerprint density at radius 3 is 2.27 bits per heavy atom. The zero-order chi connectivity index (χ0) is 24.9. The van der Waals surface area contributed by atoms with E-state index in [1.807, 2.05) is 34.6 Å². The van der Waals surface area contributed by atoms with Gasteiger partial charge in [0, 0.05) is 16.5 Å². The van der Waals surface area contributed by atoms with Gasteiger partial charge in [-0.2, -0.15) is 0 Å². The molecule has 0 bridgehead atoms. The smallest absolute Gasteiger partial charge is 0.254 e. The summed E-state index contributed by atoms with van der Waals surface area (Å²) in [5.74, 6) is 0. The molecule has 1 aliphatic heterocycles. The summed E-state index contributed by atoms with van der Waals surface area (Å²) in [5, 5.41) is 11.4. The molecule has 5 nitrogen and oxygen atoms in total. The van der Waals surface area contributed by atoms with E-state index in [9.17, 15) is 14.7 Å². The van der Waals surface area contributed by atoms with Gasteiger partial charge in [-0.05, 0) is 67.1 Å². The van der Waals surface area contributed by atoms with E-state index in [-0.39, 0.29) is 5.56 Å². The van der Waals surface area contributed by atoms with Crippen LogP contribution in [0.5, 0.6) is 0 Å². The van der Waals surface area contributed by atoms with Crippen molar-refractivity contribution in [3.63, 3.8) is 0 Å². The summed E-state index contributed by atoms with van der Waals surface area (Å²) in [6.45, 7) is 16.8. The van der Waals surface area contributed by atoms with Gasteiger partial charge in [0.25, 0.3) is 5.56 Å². The fourth-order valence-corrected chi connectivity index (χ4v) is 4.47. The molecule has 2 aromatic heterocycles. The van der Waals surface area contributed by atoms with E-state index < -0.39 is 6.10 Å². The highest BCUT2D eigenvalue weighted by Crippen LogP contribution is 2.37. The number of aromatic nitrogens is 2. The number of carbonyl (C=O) groups is 1. The molecule has 1 atom stereocenters. The van der Waals surface area contributed by atoms with Gasteiger partial charge in [0.05, 0.1) is 23.4 Å². The summed E-state index contributed by atoms with van der Waals surface area (Å²) in [4.78, 5) is 29.5. The Morgan fingerprint density at radius 2 is 1.70 bits per heavy atom. The molecule has 5 heteroatoms. The number of pyridine rings is 2. The number of aryl methyl sites for hydroxylation is 3. The zero-order valence-corrected chi connectivity index (χ0v) is 21.4. The topological polar surface area (TPSA) is 72.2 Å². The summed E-state index contributed by atoms with van der Waals surface area (Å²) in [5.41, 5.74) is 7.89. The SMILES string of the molecule is CC.CC.CCCc1c(C(O)C=O)cc2n(c1=O)Cc1c-2nc2cc(C)c(C)cc2c1CC. The molecule has 33 heavy (non-hydrogen) atoms. The number of aldehydes is 1. The van der Waals surface area contributed by atoms with Gasteiger partial charge in [-0.3, -0.25) is 4.79 Å². The van der Waals surface area contributed by atoms with Crippen LogP contribution in [0.2, 0.25) is 0 Å². The van der Waals surface area contributed by atoms with E-state index in [1.165, 1.54) is 16.7 Å². The van der Waals surface area contributed by atoms with Crippen molar-refractivity contribution in [2.24, 2.45) is 0 Å². The Labute approximate surface area is 197 Å². The number of carbonyl (C=O) groups excluding carboxylic acids is 1. The highest BCUT2D eigenvalue weighted by molar-refractivity contribution is 5.89. The lowest BCUT2D eigenvalue weighted by molar-refractivity contribution is -0.115. The second-order valence-corrected chi connectivity index (χ2v) is 7.91. The molecule has 3 aromatic rings. The number of aliphatic hydroxyl groups is 1. The van der Waals surface area contributed by atoms with Gasteiger partial charge >= 0.3 is 0 Å². The third-order valence-electron chi connectivity index (χ3n) is 6.11. The molecule has 0 saturated carbocycles. The fourth-order valence-electron chi connectivity index (χ4n) is 4.47. The summed E-state index contributed by atoms with van der Waals surface area (Å²) in [6, 6.07) is 6.07. The molecule has 0 fully saturated rings. The molecule has 1 N–H and O–H groups in total. The fraction of sp³-hybridized carbons (Fsp3) is 0.464. The van der Waals surface area contributed by atoms with Gasteiger partial charge in [-0.25, -0.2) is 4.98 Å². The third kappa shape index (κ3) is 4.65. The Bertz CT molecular complexity index is 1210. The number of aliphatic hydroxyl groups excluding tert-OH is 1. The second-order valence-electron chi connectivity index (χ2n) is 7.91.